The Morgan fingerprint density at radius 1 is 0.897 bits per heavy atom. The summed E-state index contributed by atoms with van der Waals surface area (Å²) >= 11 is 6.49. The van der Waals surface area contributed by atoms with E-state index in [9.17, 15) is 9.59 Å². The molecule has 0 radical (unpaired) electrons. The second kappa shape index (κ2) is 11.4. The lowest BCUT2D eigenvalue weighted by Gasteiger charge is -2.12. The van der Waals surface area contributed by atoms with Crippen LogP contribution in [0.2, 0.25) is 5.02 Å². The van der Waals surface area contributed by atoms with Gasteiger partial charge in [-0.15, -0.1) is 0 Å². The van der Waals surface area contributed by atoms with Crippen molar-refractivity contribution in [2.24, 2.45) is 0 Å². The molecule has 0 fully saturated rings. The van der Waals surface area contributed by atoms with Crippen LogP contribution in [0.3, 0.4) is 0 Å². The van der Waals surface area contributed by atoms with Crippen molar-refractivity contribution in [3.8, 4) is 22.9 Å². The lowest BCUT2D eigenvalue weighted by atomic mass is 10.1. The highest BCUT2D eigenvalue weighted by molar-refractivity contribution is 6.32. The minimum absolute atomic E-state index is 0.221. The number of imidazole rings is 1. The number of ether oxygens (including phenoxy) is 3. The van der Waals surface area contributed by atoms with Crippen LogP contribution in [0.15, 0.2) is 95.8 Å². The highest BCUT2D eigenvalue weighted by Gasteiger charge is 2.19. The molecule has 0 saturated heterocycles. The van der Waals surface area contributed by atoms with Crippen LogP contribution in [-0.2, 0) is 6.54 Å². The molecule has 0 unspecified atom stereocenters. The van der Waals surface area contributed by atoms with Gasteiger partial charge in [0, 0.05) is 23.4 Å². The third-order valence-corrected chi connectivity index (χ3v) is 6.44. The molecule has 0 aliphatic carbocycles. The first-order valence-corrected chi connectivity index (χ1v) is 12.7. The van der Waals surface area contributed by atoms with Gasteiger partial charge >= 0.3 is 11.8 Å². The SMILES string of the molecule is CCOc1ccc2c(c1)n(-c1ccccc1Cl)c(=O)n2Cc1ccc(NC(=O)Oc2ccccc2)cc1OC. The number of hydrogen-bond donors (Lipinski definition) is 1. The first kappa shape index (κ1) is 25.9. The second-order valence-corrected chi connectivity index (χ2v) is 9.00. The van der Waals surface area contributed by atoms with Crippen molar-refractivity contribution >= 4 is 34.4 Å². The van der Waals surface area contributed by atoms with E-state index in [1.54, 1.807) is 63.7 Å². The van der Waals surface area contributed by atoms with Crippen LogP contribution < -0.4 is 25.2 Å². The minimum Gasteiger partial charge on any atom is -0.496 e. The van der Waals surface area contributed by atoms with E-state index in [1.807, 2.05) is 43.3 Å². The Bertz CT molecular complexity index is 1690. The molecule has 0 bridgehead atoms. The van der Waals surface area contributed by atoms with Crippen molar-refractivity contribution < 1.29 is 19.0 Å². The Balaban J connectivity index is 1.50. The number of methoxy groups -OCH3 is 1. The fraction of sp³-hybridized carbons (Fsp3) is 0.133. The molecular formula is C30H26ClN3O5. The van der Waals surface area contributed by atoms with Crippen molar-refractivity contribution in [1.82, 2.24) is 9.13 Å². The predicted octanol–water partition coefficient (Wildman–Crippen LogP) is 6.51. The van der Waals surface area contributed by atoms with Gasteiger partial charge in [0.1, 0.15) is 17.2 Å². The fourth-order valence-corrected chi connectivity index (χ4v) is 4.59. The average molecular weight is 544 g/mol. The first-order chi connectivity index (χ1) is 19.0. The standard InChI is InChI=1S/C30H26ClN3O5/c1-3-38-23-15-16-26-27(18-23)34(25-12-8-7-11-24(25)31)30(36)33(26)19-20-13-14-21(17-28(20)37-2)32-29(35)39-22-9-5-4-6-10-22/h4-18H,3,19H2,1-2H3,(H,32,35). The van der Waals surface area contributed by atoms with E-state index in [1.165, 1.54) is 7.11 Å². The molecule has 8 nitrogen and oxygen atoms in total. The van der Waals surface area contributed by atoms with E-state index in [4.69, 9.17) is 25.8 Å². The van der Waals surface area contributed by atoms with Crippen molar-refractivity contribution in [3.05, 3.63) is 112 Å². The molecule has 1 N–H and O–H groups in total. The summed E-state index contributed by atoms with van der Waals surface area (Å²) in [6.07, 6.45) is -0.625. The topological polar surface area (TPSA) is 83.7 Å². The summed E-state index contributed by atoms with van der Waals surface area (Å²) in [5, 5.41) is 3.16. The molecule has 9 heteroatoms. The van der Waals surface area contributed by atoms with Gasteiger partial charge in [-0.25, -0.2) is 9.59 Å². The summed E-state index contributed by atoms with van der Waals surface area (Å²) in [5.41, 5.74) is 2.92. The van der Waals surface area contributed by atoms with Crippen LogP contribution in [0.4, 0.5) is 10.5 Å². The zero-order valence-electron chi connectivity index (χ0n) is 21.4. The number of nitrogens with zero attached hydrogens (tertiary/aromatic N) is 2. The molecule has 1 amide bonds. The van der Waals surface area contributed by atoms with Gasteiger partial charge in [-0.1, -0.05) is 48.0 Å². The molecule has 5 aromatic rings. The molecule has 39 heavy (non-hydrogen) atoms. The van der Waals surface area contributed by atoms with Crippen LogP contribution in [0.5, 0.6) is 17.2 Å². The Morgan fingerprint density at radius 2 is 1.67 bits per heavy atom. The Hall–Kier alpha value is -4.69. The first-order valence-electron chi connectivity index (χ1n) is 12.3. The summed E-state index contributed by atoms with van der Waals surface area (Å²) in [4.78, 5) is 26.2. The van der Waals surface area contributed by atoms with Crippen LogP contribution in [0.25, 0.3) is 16.7 Å². The molecule has 0 aliphatic rings. The van der Waals surface area contributed by atoms with Crippen LogP contribution in [0, 0.1) is 0 Å². The summed E-state index contributed by atoms with van der Waals surface area (Å²) in [6, 6.07) is 26.7. The Morgan fingerprint density at radius 3 is 2.41 bits per heavy atom. The number of fused-ring (bicyclic) bond motifs is 1. The third kappa shape index (κ3) is 5.46. The molecule has 0 aliphatic heterocycles. The number of hydrogen-bond acceptors (Lipinski definition) is 5. The van der Waals surface area contributed by atoms with E-state index in [-0.39, 0.29) is 12.2 Å². The van der Waals surface area contributed by atoms with E-state index < -0.39 is 6.09 Å². The monoisotopic (exact) mass is 543 g/mol. The van der Waals surface area contributed by atoms with Crippen molar-refractivity contribution in [2.75, 3.05) is 19.0 Å². The zero-order valence-corrected chi connectivity index (χ0v) is 22.1. The number of halogens is 1. The smallest absolute Gasteiger partial charge is 0.417 e. The fourth-order valence-electron chi connectivity index (χ4n) is 4.37. The summed E-state index contributed by atoms with van der Waals surface area (Å²) in [5.74, 6) is 1.59. The summed E-state index contributed by atoms with van der Waals surface area (Å²) < 4.78 is 19.9. The number of rotatable bonds is 8. The van der Waals surface area contributed by atoms with Crippen LogP contribution in [0.1, 0.15) is 12.5 Å². The van der Waals surface area contributed by atoms with Gasteiger partial charge in [0.2, 0.25) is 0 Å². The number of carbonyl (C=O) groups is 1. The van der Waals surface area contributed by atoms with E-state index in [0.29, 0.717) is 51.3 Å². The number of aromatic nitrogens is 2. The van der Waals surface area contributed by atoms with E-state index >= 15 is 0 Å². The lowest BCUT2D eigenvalue weighted by Crippen LogP contribution is -2.24. The molecule has 4 aromatic carbocycles. The van der Waals surface area contributed by atoms with Gasteiger partial charge in [-0.3, -0.25) is 14.5 Å². The van der Waals surface area contributed by atoms with Crippen molar-refractivity contribution in [3.63, 3.8) is 0 Å². The Kier molecular flexibility index (Phi) is 7.56. The molecule has 0 atom stereocenters. The minimum atomic E-state index is -0.625. The highest BCUT2D eigenvalue weighted by atomic mass is 35.5. The largest absolute Gasteiger partial charge is 0.496 e. The second-order valence-electron chi connectivity index (χ2n) is 8.59. The maximum Gasteiger partial charge on any atom is 0.417 e. The number of carbonyl (C=O) groups excluding carboxylic acids is 1. The summed E-state index contributed by atoms with van der Waals surface area (Å²) in [7, 11) is 1.54. The third-order valence-electron chi connectivity index (χ3n) is 6.12. The molecule has 0 saturated carbocycles. The van der Waals surface area contributed by atoms with Gasteiger partial charge in [-0.05, 0) is 49.4 Å². The normalized spacial score (nSPS) is 10.8. The van der Waals surface area contributed by atoms with E-state index in [2.05, 4.69) is 5.32 Å². The average Bonchev–Trinajstić information content (AvgIpc) is 3.20. The molecular weight excluding hydrogens is 518 g/mol. The summed E-state index contributed by atoms with van der Waals surface area (Å²) in [6.45, 7) is 2.63. The van der Waals surface area contributed by atoms with Crippen molar-refractivity contribution in [2.45, 2.75) is 13.5 Å². The number of para-hydroxylation sites is 2. The molecule has 1 heterocycles. The number of amides is 1. The predicted molar refractivity (Wildman–Crippen MR) is 152 cm³/mol. The van der Waals surface area contributed by atoms with Crippen LogP contribution in [-0.4, -0.2) is 28.9 Å². The highest BCUT2D eigenvalue weighted by Crippen LogP contribution is 2.29. The molecule has 5 rings (SSSR count). The quantitative estimate of drug-likeness (QED) is 0.241. The van der Waals surface area contributed by atoms with Gasteiger partial charge in [0.05, 0.1) is 42.0 Å². The van der Waals surface area contributed by atoms with Gasteiger partial charge in [0.25, 0.3) is 0 Å². The maximum atomic E-state index is 13.8. The lowest BCUT2D eigenvalue weighted by molar-refractivity contribution is 0.215. The number of benzene rings is 4. The van der Waals surface area contributed by atoms with E-state index in [0.717, 1.165) is 5.56 Å². The number of anilines is 1. The molecule has 198 valence electrons. The number of nitrogens with one attached hydrogen (secondary N) is 1. The van der Waals surface area contributed by atoms with Gasteiger partial charge in [-0.2, -0.15) is 0 Å². The molecule has 0 spiro atoms. The Labute approximate surface area is 229 Å². The van der Waals surface area contributed by atoms with Gasteiger partial charge in [0.15, 0.2) is 0 Å². The maximum absolute atomic E-state index is 13.8. The van der Waals surface area contributed by atoms with Crippen LogP contribution >= 0.6 is 11.6 Å². The van der Waals surface area contributed by atoms with Crippen molar-refractivity contribution in [1.29, 1.82) is 0 Å². The zero-order chi connectivity index (χ0) is 27.4. The molecule has 1 aromatic heterocycles. The van der Waals surface area contributed by atoms with Gasteiger partial charge < -0.3 is 14.2 Å².